The Bertz CT molecular complexity index is 1290. The van der Waals surface area contributed by atoms with Crippen LogP contribution < -0.4 is 5.69 Å². The predicted octanol–water partition coefficient (Wildman–Crippen LogP) is 5.51. The van der Waals surface area contributed by atoms with Crippen LogP contribution in [0.3, 0.4) is 0 Å². The number of nitrogens with zero attached hydrogens (tertiary/aromatic N) is 2. The third-order valence-electron chi connectivity index (χ3n) is 6.63. The number of para-hydroxylation sites is 1. The molecule has 0 radical (unpaired) electrons. The van der Waals surface area contributed by atoms with Crippen molar-refractivity contribution >= 4 is 16.9 Å². The second kappa shape index (κ2) is 8.46. The Morgan fingerprint density at radius 2 is 1.46 bits per heavy atom. The van der Waals surface area contributed by atoms with E-state index in [1.54, 1.807) is 18.7 Å². The molecule has 2 aromatic carbocycles. The van der Waals surface area contributed by atoms with Crippen LogP contribution in [-0.4, -0.2) is 33.4 Å². The lowest BCUT2D eigenvalue weighted by Gasteiger charge is -2.37. The molecule has 0 spiro atoms. The second-order valence-electron chi connectivity index (χ2n) is 9.22. The van der Waals surface area contributed by atoms with E-state index in [4.69, 9.17) is 0 Å². The van der Waals surface area contributed by atoms with Crippen molar-refractivity contribution in [3.63, 3.8) is 0 Å². The van der Waals surface area contributed by atoms with Crippen molar-refractivity contribution in [1.29, 1.82) is 0 Å². The smallest absolute Gasteiger partial charge is 0.342 e. The molecule has 0 bridgehead atoms. The first-order valence-electron chi connectivity index (χ1n) is 11.0. The topological polar surface area (TPSA) is 58.1 Å². The Balaban J connectivity index is 1.54. The summed E-state index contributed by atoms with van der Waals surface area (Å²) < 4.78 is 80.5. The third-order valence-corrected chi connectivity index (χ3v) is 6.63. The van der Waals surface area contributed by atoms with Gasteiger partial charge in [-0.15, -0.1) is 0 Å². The lowest BCUT2D eigenvalue weighted by molar-refractivity contribution is -0.138. The highest BCUT2D eigenvalue weighted by molar-refractivity contribution is 5.87. The van der Waals surface area contributed by atoms with E-state index in [0.29, 0.717) is 5.56 Å². The number of fused-ring (bicyclic) bond motifs is 1. The molecule has 5 nitrogen and oxygen atoms in total. The van der Waals surface area contributed by atoms with Gasteiger partial charge in [0.15, 0.2) is 0 Å². The molecule has 1 aromatic heterocycles. The van der Waals surface area contributed by atoms with Gasteiger partial charge in [-0.25, -0.2) is 4.79 Å². The van der Waals surface area contributed by atoms with Gasteiger partial charge in [-0.3, -0.25) is 9.36 Å². The molecule has 1 N–H and O–H groups in total. The molecular weight excluding hydrogens is 476 g/mol. The fourth-order valence-electron chi connectivity index (χ4n) is 4.68. The fraction of sp³-hybridized carbons (Fsp3) is 0.417. The van der Waals surface area contributed by atoms with E-state index < -0.39 is 40.6 Å². The standard InChI is InChI=1S/C24H23F6N3O2/c1-22(2,14-6-8-15(9-7-14)23(25,26)27)20(34)32-12-10-16(11-13-32)33-19-17(24(28,29)30)4-3-5-18(19)31-21(33)35/h3-9,16H,10-13H2,1-2H3,(H,31,35). The van der Waals surface area contributed by atoms with Gasteiger partial charge in [0.2, 0.25) is 5.91 Å². The van der Waals surface area contributed by atoms with Crippen LogP contribution in [0.15, 0.2) is 47.3 Å². The summed E-state index contributed by atoms with van der Waals surface area (Å²) in [4.78, 5) is 29.8. The molecule has 0 unspecified atom stereocenters. The Kier molecular flexibility index (Phi) is 6.01. The molecule has 0 atom stereocenters. The minimum absolute atomic E-state index is 0.0896. The molecule has 0 saturated carbocycles. The molecule has 1 amide bonds. The summed E-state index contributed by atoms with van der Waals surface area (Å²) in [5.74, 6) is -0.307. The molecule has 35 heavy (non-hydrogen) atoms. The number of hydrogen-bond acceptors (Lipinski definition) is 2. The lowest BCUT2D eigenvalue weighted by atomic mass is 9.82. The Morgan fingerprint density at radius 1 is 0.886 bits per heavy atom. The van der Waals surface area contributed by atoms with E-state index in [9.17, 15) is 35.9 Å². The highest BCUT2D eigenvalue weighted by Crippen LogP contribution is 2.37. The van der Waals surface area contributed by atoms with Crippen LogP contribution in [0.1, 0.15) is 49.4 Å². The van der Waals surface area contributed by atoms with Crippen molar-refractivity contribution in [2.75, 3.05) is 13.1 Å². The average Bonchev–Trinajstić information content (AvgIpc) is 3.13. The number of likely N-dealkylation sites (tertiary alicyclic amines) is 1. The Hall–Kier alpha value is -3.24. The minimum atomic E-state index is -4.64. The molecule has 0 aliphatic carbocycles. The van der Waals surface area contributed by atoms with Crippen LogP contribution >= 0.6 is 0 Å². The summed E-state index contributed by atoms with van der Waals surface area (Å²) in [7, 11) is 0. The van der Waals surface area contributed by atoms with E-state index in [1.165, 1.54) is 24.3 Å². The molecule has 1 fully saturated rings. The quantitative estimate of drug-likeness (QED) is 0.484. The number of alkyl halides is 6. The normalized spacial score (nSPS) is 16.2. The highest BCUT2D eigenvalue weighted by atomic mass is 19.4. The van der Waals surface area contributed by atoms with E-state index >= 15 is 0 Å². The van der Waals surface area contributed by atoms with Gasteiger partial charge in [-0.1, -0.05) is 18.2 Å². The van der Waals surface area contributed by atoms with Crippen molar-refractivity contribution in [3.8, 4) is 0 Å². The van der Waals surface area contributed by atoms with Gasteiger partial charge in [0.25, 0.3) is 0 Å². The van der Waals surface area contributed by atoms with E-state index in [2.05, 4.69) is 4.98 Å². The number of benzene rings is 2. The summed E-state index contributed by atoms with van der Waals surface area (Å²) >= 11 is 0. The number of carbonyl (C=O) groups is 1. The average molecular weight is 499 g/mol. The van der Waals surface area contributed by atoms with Crippen LogP contribution in [0.4, 0.5) is 26.3 Å². The zero-order valence-corrected chi connectivity index (χ0v) is 18.9. The maximum atomic E-state index is 13.6. The van der Waals surface area contributed by atoms with Gasteiger partial charge in [0.1, 0.15) is 0 Å². The molecule has 4 rings (SSSR count). The number of halogens is 6. The van der Waals surface area contributed by atoms with Crippen LogP contribution in [0.5, 0.6) is 0 Å². The van der Waals surface area contributed by atoms with Crippen molar-refractivity contribution < 1.29 is 31.1 Å². The van der Waals surface area contributed by atoms with E-state index in [-0.39, 0.29) is 42.9 Å². The summed E-state index contributed by atoms with van der Waals surface area (Å²) in [6, 6.07) is 7.44. The number of H-pyrrole nitrogens is 1. The van der Waals surface area contributed by atoms with Gasteiger partial charge in [0.05, 0.1) is 27.6 Å². The monoisotopic (exact) mass is 499 g/mol. The first-order valence-corrected chi connectivity index (χ1v) is 11.0. The Labute approximate surface area is 196 Å². The number of piperidine rings is 1. The van der Waals surface area contributed by atoms with Crippen molar-refractivity contribution in [2.24, 2.45) is 0 Å². The largest absolute Gasteiger partial charge is 0.418 e. The molecule has 11 heteroatoms. The van der Waals surface area contributed by atoms with Crippen LogP contribution in [0.2, 0.25) is 0 Å². The van der Waals surface area contributed by atoms with Crippen molar-refractivity contribution in [1.82, 2.24) is 14.5 Å². The minimum Gasteiger partial charge on any atom is -0.342 e. The molecular formula is C24H23F6N3O2. The molecule has 1 aliphatic heterocycles. The summed E-state index contributed by atoms with van der Waals surface area (Å²) in [5, 5.41) is 0. The number of nitrogens with one attached hydrogen (secondary N) is 1. The van der Waals surface area contributed by atoms with Crippen LogP contribution in [-0.2, 0) is 22.6 Å². The lowest BCUT2D eigenvalue weighted by Crippen LogP contribution is -2.47. The number of aromatic nitrogens is 2. The van der Waals surface area contributed by atoms with Gasteiger partial charge in [-0.05, 0) is 56.5 Å². The van der Waals surface area contributed by atoms with Gasteiger partial charge >= 0.3 is 18.0 Å². The van der Waals surface area contributed by atoms with Gasteiger partial charge < -0.3 is 9.88 Å². The first-order chi connectivity index (χ1) is 16.2. The second-order valence-corrected chi connectivity index (χ2v) is 9.22. The third kappa shape index (κ3) is 4.55. The number of carbonyl (C=O) groups excluding carboxylic acids is 1. The predicted molar refractivity (Wildman–Crippen MR) is 117 cm³/mol. The molecule has 3 aromatic rings. The summed E-state index contributed by atoms with van der Waals surface area (Å²) in [6.45, 7) is 3.62. The van der Waals surface area contributed by atoms with Crippen LogP contribution in [0, 0.1) is 0 Å². The molecule has 188 valence electrons. The first kappa shape index (κ1) is 24.9. The summed E-state index contributed by atoms with van der Waals surface area (Å²) in [6.07, 6.45) is -8.61. The van der Waals surface area contributed by atoms with Crippen LogP contribution in [0.25, 0.3) is 11.0 Å². The number of rotatable bonds is 3. The number of amides is 1. The number of imidazole rings is 1. The molecule has 2 heterocycles. The van der Waals surface area contributed by atoms with E-state index in [0.717, 1.165) is 22.8 Å². The van der Waals surface area contributed by atoms with E-state index in [1.807, 2.05) is 0 Å². The number of hydrogen-bond donors (Lipinski definition) is 1. The highest BCUT2D eigenvalue weighted by Gasteiger charge is 2.39. The summed E-state index contributed by atoms with van der Waals surface area (Å²) in [5.41, 5.74) is -3.18. The molecule has 1 aliphatic rings. The number of aromatic amines is 1. The SMILES string of the molecule is CC(C)(C(=O)N1CCC(n2c(=O)[nH]c3cccc(C(F)(F)F)c32)CC1)c1ccc(C(F)(F)F)cc1. The van der Waals surface area contributed by atoms with Gasteiger partial charge in [-0.2, -0.15) is 26.3 Å². The zero-order valence-electron chi connectivity index (χ0n) is 18.9. The maximum absolute atomic E-state index is 13.6. The maximum Gasteiger partial charge on any atom is 0.418 e. The zero-order chi connectivity index (χ0) is 25.8. The fourth-order valence-corrected chi connectivity index (χ4v) is 4.68. The van der Waals surface area contributed by atoms with Crippen molar-refractivity contribution in [2.45, 2.75) is 50.5 Å². The Morgan fingerprint density at radius 3 is 2.00 bits per heavy atom. The van der Waals surface area contributed by atoms with Crippen molar-refractivity contribution in [3.05, 3.63) is 69.6 Å². The molecule has 1 saturated heterocycles. The van der Waals surface area contributed by atoms with Gasteiger partial charge in [0, 0.05) is 19.1 Å².